The van der Waals surface area contributed by atoms with Crippen LogP contribution in [0.2, 0.25) is 0 Å². The maximum atomic E-state index is 13.0. The number of phosphoric ester groups is 2. The largest absolute Gasteiger partial charge is 0.472 e. The van der Waals surface area contributed by atoms with Crippen LogP contribution in [0.25, 0.3) is 0 Å². The number of Topliss-reactive ketones (excluding diaryl/α,β-unsaturated/α-hetero) is 1. The molecule has 17 nitrogen and oxygen atoms in total. The van der Waals surface area contributed by atoms with Crippen LogP contribution in [0, 0.1) is 0 Å². The molecular weight excluding hydrogens is 874 g/mol. The number of carbonyl (C=O) groups excluding carboxylic acids is 3. The number of rotatable bonds is 42. The molecule has 0 bridgehead atoms. The van der Waals surface area contributed by atoms with E-state index in [9.17, 15) is 48.8 Å². The highest BCUT2D eigenvalue weighted by Gasteiger charge is 2.54. The molecule has 1 saturated carbocycles. The van der Waals surface area contributed by atoms with Gasteiger partial charge in [-0.1, -0.05) is 162 Å². The van der Waals surface area contributed by atoms with Crippen molar-refractivity contribution < 1.29 is 81.7 Å². The van der Waals surface area contributed by atoms with Gasteiger partial charge in [-0.3, -0.25) is 28.0 Å². The molecule has 8 atom stereocenters. The lowest BCUT2D eigenvalue weighted by atomic mass is 9.85. The molecular formula is C45H86O17P2. The van der Waals surface area contributed by atoms with Crippen molar-refractivity contribution in [3.63, 3.8) is 0 Å². The summed E-state index contributed by atoms with van der Waals surface area (Å²) < 4.78 is 49.4. The van der Waals surface area contributed by atoms with E-state index in [1.54, 1.807) is 0 Å². The molecule has 378 valence electrons. The van der Waals surface area contributed by atoms with Crippen molar-refractivity contribution in [2.75, 3.05) is 13.2 Å². The van der Waals surface area contributed by atoms with Crippen LogP contribution in [0.3, 0.4) is 0 Å². The quantitative estimate of drug-likeness (QED) is 0.0171. The van der Waals surface area contributed by atoms with Gasteiger partial charge in [0, 0.05) is 25.7 Å². The highest BCUT2D eigenvalue weighted by Crippen LogP contribution is 2.49. The third kappa shape index (κ3) is 30.9. The summed E-state index contributed by atoms with van der Waals surface area (Å²) in [7, 11) is -10.7. The maximum absolute atomic E-state index is 13.0. The molecule has 0 heterocycles. The molecule has 0 amide bonds. The molecule has 0 aromatic carbocycles. The Morgan fingerprint density at radius 2 is 0.844 bits per heavy atom. The van der Waals surface area contributed by atoms with Crippen molar-refractivity contribution in [2.24, 2.45) is 0 Å². The summed E-state index contributed by atoms with van der Waals surface area (Å²) in [6.07, 6.45) is 16.1. The van der Waals surface area contributed by atoms with Crippen molar-refractivity contribution in [1.29, 1.82) is 0 Å². The highest BCUT2D eigenvalue weighted by molar-refractivity contribution is 7.47. The van der Waals surface area contributed by atoms with Gasteiger partial charge in [-0.15, -0.1) is 0 Å². The maximum Gasteiger partial charge on any atom is 0.472 e. The van der Waals surface area contributed by atoms with E-state index in [1.165, 1.54) is 89.9 Å². The summed E-state index contributed by atoms with van der Waals surface area (Å²) in [4.78, 5) is 65.9. The first-order chi connectivity index (χ1) is 30.5. The van der Waals surface area contributed by atoms with Gasteiger partial charge in [0.2, 0.25) is 0 Å². The Balaban J connectivity index is 2.54. The first-order valence-electron chi connectivity index (χ1n) is 24.5. The van der Waals surface area contributed by atoms with Crippen molar-refractivity contribution in [3.05, 3.63) is 0 Å². The van der Waals surface area contributed by atoms with Gasteiger partial charge in [0.1, 0.15) is 49.0 Å². The molecule has 7 N–H and O–H groups in total. The average molecular weight is 961 g/mol. The molecule has 0 radical (unpaired) electrons. The molecule has 1 fully saturated rings. The molecule has 4 unspecified atom stereocenters. The van der Waals surface area contributed by atoms with Gasteiger partial charge >= 0.3 is 27.6 Å². The van der Waals surface area contributed by atoms with Crippen molar-refractivity contribution in [3.8, 4) is 0 Å². The number of carbonyl (C=O) groups is 3. The minimum Gasteiger partial charge on any atom is -0.462 e. The Morgan fingerprint density at radius 3 is 1.27 bits per heavy atom. The van der Waals surface area contributed by atoms with Gasteiger partial charge in [-0.25, -0.2) is 9.13 Å². The van der Waals surface area contributed by atoms with E-state index in [-0.39, 0.29) is 12.8 Å². The number of ether oxygens (including phenoxy) is 2. The van der Waals surface area contributed by atoms with Crippen molar-refractivity contribution in [1.82, 2.24) is 0 Å². The lowest BCUT2D eigenvalue weighted by molar-refractivity contribution is -0.216. The van der Waals surface area contributed by atoms with Crippen LogP contribution in [0.15, 0.2) is 0 Å². The topological polar surface area (TPSA) is 273 Å². The summed E-state index contributed by atoms with van der Waals surface area (Å²) in [6.45, 7) is 2.90. The minimum atomic E-state index is -5.36. The van der Waals surface area contributed by atoms with Gasteiger partial charge in [0.25, 0.3) is 0 Å². The minimum absolute atomic E-state index is 0.0421. The van der Waals surface area contributed by atoms with Crippen LogP contribution < -0.4 is 0 Å². The van der Waals surface area contributed by atoms with Crippen LogP contribution in [0.5, 0.6) is 0 Å². The van der Waals surface area contributed by atoms with E-state index < -0.39 is 83.5 Å². The van der Waals surface area contributed by atoms with E-state index in [2.05, 4.69) is 11.4 Å². The summed E-state index contributed by atoms with van der Waals surface area (Å²) in [5, 5.41) is 41.2. The second kappa shape index (κ2) is 36.7. The molecule has 1 rings (SSSR count). The number of aliphatic hydroxyl groups excluding tert-OH is 4. The first kappa shape index (κ1) is 60.7. The predicted molar refractivity (Wildman–Crippen MR) is 242 cm³/mol. The summed E-state index contributed by atoms with van der Waals surface area (Å²) in [5.74, 6) is -0.837. The second-order valence-corrected chi connectivity index (χ2v) is 20.1. The Hall–Kier alpha value is -1.33. The van der Waals surface area contributed by atoms with Crippen LogP contribution in [0.1, 0.15) is 213 Å². The number of phosphoric acid groups is 2. The smallest absolute Gasteiger partial charge is 0.462 e. The lowest BCUT2D eigenvalue weighted by Gasteiger charge is -2.43. The number of unbranched alkanes of at least 4 members (excludes halogenated alkanes) is 24. The zero-order valence-corrected chi connectivity index (χ0v) is 40.8. The molecule has 0 aliphatic heterocycles. The number of esters is 2. The van der Waals surface area contributed by atoms with E-state index in [0.717, 1.165) is 70.6 Å². The van der Waals surface area contributed by atoms with Gasteiger partial charge < -0.3 is 44.6 Å². The molecule has 1 aliphatic rings. The number of hydrogen-bond donors (Lipinski definition) is 7. The van der Waals surface area contributed by atoms with E-state index in [1.807, 2.05) is 6.92 Å². The monoisotopic (exact) mass is 961 g/mol. The Morgan fingerprint density at radius 1 is 0.453 bits per heavy atom. The van der Waals surface area contributed by atoms with Crippen LogP contribution >= 0.6 is 15.6 Å². The van der Waals surface area contributed by atoms with E-state index >= 15 is 0 Å². The summed E-state index contributed by atoms with van der Waals surface area (Å²) in [5.41, 5.74) is 0. The SMILES string of the molecule is CCCCCCCCCCCCCCCC(=O)O[C@H](COC(=O)CCCCCCCCCCCCCCCC(=O)CCC)COP(=O)(O)OC1C(O)[C@@H](OP(=O)(O)O)C(O)[C@@H](O)[C@H]1O. The third-order valence-corrected chi connectivity index (χ3v) is 13.1. The van der Waals surface area contributed by atoms with Crippen molar-refractivity contribution in [2.45, 2.75) is 256 Å². The summed E-state index contributed by atoms with van der Waals surface area (Å²) >= 11 is 0. The molecule has 19 heteroatoms. The molecule has 0 aromatic heterocycles. The fraction of sp³-hybridized carbons (Fsp3) is 0.933. The predicted octanol–water partition coefficient (Wildman–Crippen LogP) is 8.58. The van der Waals surface area contributed by atoms with E-state index in [0.29, 0.717) is 31.5 Å². The second-order valence-electron chi connectivity index (χ2n) is 17.5. The Kier molecular flexibility index (Phi) is 34.8. The van der Waals surface area contributed by atoms with E-state index in [4.69, 9.17) is 28.3 Å². The van der Waals surface area contributed by atoms with Gasteiger partial charge in [0.05, 0.1) is 6.61 Å². The van der Waals surface area contributed by atoms with Gasteiger partial charge in [-0.05, 0) is 25.7 Å². The number of hydrogen-bond acceptors (Lipinski definition) is 14. The van der Waals surface area contributed by atoms with Gasteiger partial charge in [-0.2, -0.15) is 0 Å². The molecule has 0 aromatic rings. The molecule has 64 heavy (non-hydrogen) atoms. The fourth-order valence-corrected chi connectivity index (χ4v) is 9.34. The average Bonchev–Trinajstić information content (AvgIpc) is 3.24. The van der Waals surface area contributed by atoms with Crippen molar-refractivity contribution >= 4 is 33.4 Å². The lowest BCUT2D eigenvalue weighted by Crippen LogP contribution is -2.64. The van der Waals surface area contributed by atoms with Gasteiger partial charge in [0.15, 0.2) is 6.10 Å². The van der Waals surface area contributed by atoms with Crippen LogP contribution in [0.4, 0.5) is 0 Å². The Labute approximate surface area is 383 Å². The molecule has 0 spiro atoms. The fourth-order valence-electron chi connectivity index (χ4n) is 7.80. The highest BCUT2D eigenvalue weighted by atomic mass is 31.2. The zero-order valence-electron chi connectivity index (χ0n) is 39.0. The number of ketones is 1. The summed E-state index contributed by atoms with van der Waals surface area (Å²) in [6, 6.07) is 0. The molecule has 0 saturated heterocycles. The third-order valence-electron chi connectivity index (χ3n) is 11.6. The zero-order chi connectivity index (χ0) is 47.6. The normalized spacial score (nSPS) is 21.6. The Bertz CT molecular complexity index is 1320. The molecule has 1 aliphatic carbocycles. The van der Waals surface area contributed by atoms with Crippen LogP contribution in [-0.4, -0.2) is 109 Å². The number of aliphatic hydroxyl groups is 4. The van der Waals surface area contributed by atoms with Crippen LogP contribution in [-0.2, 0) is 46.6 Å². The first-order valence-corrected chi connectivity index (χ1v) is 27.5. The standard InChI is InChI=1S/C45H86O17P2/c1-3-5-6-7-8-9-10-12-17-20-23-26-29-33-39(48)60-37(35-59-64(56,57)62-45-42(51)40(49)41(50)44(43(45)52)61-63(53,54)55)34-58-38(47)32-28-25-22-19-16-14-11-13-15-18-21-24-27-31-36(46)30-4-2/h37,40-45,49-52H,3-35H2,1-2H3,(H,56,57)(H2,53,54,55)/t37-,40-,41?,42-,43?,44+,45?/m1/s1.